The Bertz CT molecular complexity index is 1520. The van der Waals surface area contributed by atoms with Crippen LogP contribution in [-0.4, -0.2) is 63.7 Å². The molecule has 0 radical (unpaired) electrons. The molecule has 0 unspecified atom stereocenters. The molecule has 3 heterocycles. The fourth-order valence-corrected chi connectivity index (χ4v) is 6.80. The number of piperidine rings is 1. The zero-order chi connectivity index (χ0) is 28.0. The minimum atomic E-state index is -4.33. The first-order valence-electron chi connectivity index (χ1n) is 12.9. The van der Waals surface area contributed by atoms with Crippen LogP contribution in [0.3, 0.4) is 0 Å². The Balaban J connectivity index is 1.41. The standard InChI is InChI=1S/C25H29F2N5O5S/c1-25(34)11-5-8-20(25)32-21-16(14-19(22(32)33)37-23(26)27)15-28-24(30-21)29-17-9-12-31(13-10-17)38(35,36)18-6-3-2-4-7-18/h2-4,6-7,14-15,17,20,23,34H,5,8-13H2,1H3,(H,28,29,30)/t20-,25-/m1/s1/i23D. The number of nitrogens with one attached hydrogen (secondary N) is 1. The van der Waals surface area contributed by atoms with Crippen LogP contribution in [-0.2, 0) is 10.0 Å². The number of nitrogens with zero attached hydrogens (tertiary/aromatic N) is 4. The topological polar surface area (TPSA) is 127 Å². The van der Waals surface area contributed by atoms with Gasteiger partial charge in [0.25, 0.3) is 5.56 Å². The largest absolute Gasteiger partial charge is 0.429 e. The number of alkyl halides is 2. The van der Waals surface area contributed by atoms with Crippen LogP contribution < -0.4 is 15.6 Å². The highest BCUT2D eigenvalue weighted by atomic mass is 32.2. The van der Waals surface area contributed by atoms with Crippen molar-refractivity contribution in [3.8, 4) is 5.75 Å². The molecule has 1 saturated carbocycles. The van der Waals surface area contributed by atoms with E-state index in [1.54, 1.807) is 37.3 Å². The minimum absolute atomic E-state index is 0.134. The molecule has 0 bridgehead atoms. The number of pyridine rings is 1. The van der Waals surface area contributed by atoms with Gasteiger partial charge in [-0.3, -0.25) is 9.36 Å². The van der Waals surface area contributed by atoms with Crippen LogP contribution in [0.5, 0.6) is 5.75 Å². The van der Waals surface area contributed by atoms with Crippen molar-refractivity contribution in [2.24, 2.45) is 0 Å². The molecular formula is C25H29F2N5O5S. The Kier molecular flexibility index (Phi) is 6.74. The van der Waals surface area contributed by atoms with Crippen molar-refractivity contribution in [1.82, 2.24) is 18.8 Å². The van der Waals surface area contributed by atoms with E-state index < -0.39 is 39.6 Å². The third-order valence-corrected chi connectivity index (χ3v) is 9.20. The van der Waals surface area contributed by atoms with E-state index in [1.807, 2.05) is 0 Å². The average Bonchev–Trinajstić information content (AvgIpc) is 3.23. The van der Waals surface area contributed by atoms with Gasteiger partial charge in [0.15, 0.2) is 7.12 Å². The highest BCUT2D eigenvalue weighted by molar-refractivity contribution is 7.89. The van der Waals surface area contributed by atoms with Crippen LogP contribution in [0.4, 0.5) is 14.7 Å². The number of aromatic nitrogens is 3. The summed E-state index contributed by atoms with van der Waals surface area (Å²) in [6.07, 6.45) is 3.78. The fraction of sp³-hybridized carbons (Fsp3) is 0.480. The molecule has 1 aliphatic heterocycles. The summed E-state index contributed by atoms with van der Waals surface area (Å²) in [6, 6.07) is 8.40. The lowest BCUT2D eigenvalue weighted by Crippen LogP contribution is -2.42. The van der Waals surface area contributed by atoms with Crippen LogP contribution >= 0.6 is 0 Å². The molecule has 0 amide bonds. The van der Waals surface area contributed by atoms with Gasteiger partial charge >= 0.3 is 6.59 Å². The first-order chi connectivity index (χ1) is 18.3. The molecular weight excluding hydrogens is 520 g/mol. The molecule has 1 saturated heterocycles. The number of hydrogen-bond donors (Lipinski definition) is 2. The molecule has 0 spiro atoms. The highest BCUT2D eigenvalue weighted by Gasteiger charge is 2.40. The van der Waals surface area contributed by atoms with Crippen molar-refractivity contribution in [2.75, 3.05) is 18.4 Å². The van der Waals surface area contributed by atoms with Crippen molar-refractivity contribution in [2.45, 2.75) is 68.2 Å². The lowest BCUT2D eigenvalue weighted by Gasteiger charge is -2.32. The van der Waals surface area contributed by atoms with Crippen molar-refractivity contribution >= 4 is 27.0 Å². The molecule has 2 atom stereocenters. The zero-order valence-electron chi connectivity index (χ0n) is 21.7. The molecule has 2 N–H and O–H groups in total. The van der Waals surface area contributed by atoms with Crippen LogP contribution in [0.2, 0.25) is 0 Å². The van der Waals surface area contributed by atoms with Gasteiger partial charge in [0.1, 0.15) is 5.65 Å². The number of aliphatic hydroxyl groups is 1. The van der Waals surface area contributed by atoms with Crippen LogP contribution in [0.1, 0.15) is 46.4 Å². The predicted octanol–water partition coefficient (Wildman–Crippen LogP) is 3.13. The molecule has 204 valence electrons. The summed E-state index contributed by atoms with van der Waals surface area (Å²) in [5, 5.41) is 14.3. The number of hydrogen-bond acceptors (Lipinski definition) is 8. The fourth-order valence-electron chi connectivity index (χ4n) is 5.31. The van der Waals surface area contributed by atoms with Gasteiger partial charge in [0, 0.05) is 30.7 Å². The highest BCUT2D eigenvalue weighted by Crippen LogP contribution is 2.40. The smallest absolute Gasteiger partial charge is 0.387 e. The molecule has 1 aliphatic carbocycles. The van der Waals surface area contributed by atoms with Gasteiger partial charge in [-0.05, 0) is 57.2 Å². The zero-order valence-corrected chi connectivity index (χ0v) is 21.5. The van der Waals surface area contributed by atoms with Crippen LogP contribution in [0.15, 0.2) is 52.3 Å². The predicted molar refractivity (Wildman–Crippen MR) is 136 cm³/mol. The molecule has 1 aromatic carbocycles. The quantitative estimate of drug-likeness (QED) is 0.460. The van der Waals surface area contributed by atoms with E-state index in [9.17, 15) is 27.1 Å². The van der Waals surface area contributed by atoms with E-state index in [2.05, 4.69) is 20.0 Å². The van der Waals surface area contributed by atoms with Crippen molar-refractivity contribution in [3.63, 3.8) is 0 Å². The lowest BCUT2D eigenvalue weighted by atomic mass is 10.00. The van der Waals surface area contributed by atoms with Gasteiger partial charge in [-0.1, -0.05) is 18.2 Å². The number of ether oxygens (including phenoxy) is 1. The van der Waals surface area contributed by atoms with E-state index >= 15 is 0 Å². The Labute approximate surface area is 219 Å². The number of anilines is 1. The molecule has 3 aromatic rings. The van der Waals surface area contributed by atoms with E-state index in [0.717, 1.165) is 10.6 Å². The second kappa shape index (κ2) is 10.2. The number of fused-ring (bicyclic) bond motifs is 1. The molecule has 2 aliphatic rings. The normalized spacial score (nSPS) is 23.9. The summed E-state index contributed by atoms with van der Waals surface area (Å²) in [5.41, 5.74) is -2.07. The maximum Gasteiger partial charge on any atom is 0.387 e. The van der Waals surface area contributed by atoms with Crippen molar-refractivity contribution in [1.29, 1.82) is 0 Å². The van der Waals surface area contributed by atoms with Gasteiger partial charge in [0.05, 0.1) is 16.5 Å². The van der Waals surface area contributed by atoms with E-state index in [-0.39, 0.29) is 27.9 Å². The maximum atomic E-state index is 13.3. The second-order valence-electron chi connectivity index (χ2n) is 9.89. The number of halogens is 2. The average molecular weight is 551 g/mol. The van der Waals surface area contributed by atoms with Gasteiger partial charge in [-0.25, -0.2) is 13.4 Å². The van der Waals surface area contributed by atoms with Crippen LogP contribution in [0.25, 0.3) is 11.0 Å². The summed E-state index contributed by atoms with van der Waals surface area (Å²) in [6.45, 7) is -2.17. The summed E-state index contributed by atoms with van der Waals surface area (Å²) >= 11 is 0. The summed E-state index contributed by atoms with van der Waals surface area (Å²) in [4.78, 5) is 22.3. The summed E-state index contributed by atoms with van der Waals surface area (Å²) in [7, 11) is -3.60. The Morgan fingerprint density at radius 2 is 1.95 bits per heavy atom. The minimum Gasteiger partial charge on any atom is -0.429 e. The van der Waals surface area contributed by atoms with Crippen molar-refractivity contribution < 1.29 is 28.4 Å². The molecule has 5 rings (SSSR count). The summed E-state index contributed by atoms with van der Waals surface area (Å²) in [5.74, 6) is -0.557. The Hall–Kier alpha value is -3.16. The van der Waals surface area contributed by atoms with E-state index in [0.29, 0.717) is 45.2 Å². The number of sulfonamides is 1. The SMILES string of the molecule is [2H]C(F)(F)Oc1cc2cnc(NC3CCN(S(=O)(=O)c4ccccc4)CC3)nc2n([C@@H]2CCC[C@@]2(C)O)c1=O. The maximum absolute atomic E-state index is 13.3. The molecule has 10 nitrogen and oxygen atoms in total. The van der Waals surface area contributed by atoms with E-state index in [4.69, 9.17) is 1.37 Å². The van der Waals surface area contributed by atoms with Crippen LogP contribution in [0, 0.1) is 0 Å². The van der Waals surface area contributed by atoms with E-state index in [1.165, 1.54) is 10.5 Å². The second-order valence-corrected chi connectivity index (χ2v) is 11.8. The van der Waals surface area contributed by atoms with Gasteiger partial charge < -0.3 is 15.2 Å². The molecule has 2 aromatic heterocycles. The molecule has 38 heavy (non-hydrogen) atoms. The Morgan fingerprint density at radius 3 is 2.58 bits per heavy atom. The number of benzene rings is 1. The van der Waals surface area contributed by atoms with Gasteiger partial charge in [0.2, 0.25) is 16.0 Å². The molecule has 13 heteroatoms. The van der Waals surface area contributed by atoms with Gasteiger partial charge in [-0.2, -0.15) is 18.1 Å². The first kappa shape index (κ1) is 25.1. The third-order valence-electron chi connectivity index (χ3n) is 7.29. The van der Waals surface area contributed by atoms with Gasteiger partial charge in [-0.15, -0.1) is 0 Å². The third kappa shape index (κ3) is 5.09. The molecule has 2 fully saturated rings. The lowest BCUT2D eigenvalue weighted by molar-refractivity contribution is -0.0513. The first-order valence-corrected chi connectivity index (χ1v) is 13.8. The monoisotopic (exact) mass is 550 g/mol. The van der Waals surface area contributed by atoms with Crippen molar-refractivity contribution in [3.05, 3.63) is 52.9 Å². The Morgan fingerprint density at radius 1 is 1.24 bits per heavy atom. The summed E-state index contributed by atoms with van der Waals surface area (Å²) < 4.78 is 66.2. The number of rotatable bonds is 7.